The van der Waals surface area contributed by atoms with Gasteiger partial charge in [-0.15, -0.1) is 11.3 Å². The summed E-state index contributed by atoms with van der Waals surface area (Å²) in [5.41, 5.74) is 0.827. The molecule has 0 aliphatic rings. The smallest absolute Gasteiger partial charge is 0.308 e. The molecule has 0 aliphatic heterocycles. The van der Waals surface area contributed by atoms with Crippen molar-refractivity contribution >= 4 is 17.3 Å². The fourth-order valence-electron chi connectivity index (χ4n) is 1.28. The highest BCUT2D eigenvalue weighted by Crippen LogP contribution is 2.11. The number of nitrogens with zero attached hydrogens (tertiary/aromatic N) is 1. The molecule has 0 saturated carbocycles. The summed E-state index contributed by atoms with van der Waals surface area (Å²) < 4.78 is 10.4. The van der Waals surface area contributed by atoms with E-state index in [2.05, 4.69) is 25.8 Å². The lowest BCUT2D eigenvalue weighted by Crippen LogP contribution is -2.10. The van der Waals surface area contributed by atoms with Crippen molar-refractivity contribution in [3.8, 4) is 0 Å². The van der Waals surface area contributed by atoms with Crippen LogP contribution in [0.5, 0.6) is 0 Å². The van der Waals surface area contributed by atoms with Gasteiger partial charge in [0.2, 0.25) is 0 Å². The average Bonchev–Trinajstić information content (AvgIpc) is 2.80. The maximum absolute atomic E-state index is 11.4. The van der Waals surface area contributed by atoms with Crippen LogP contribution in [0.3, 0.4) is 0 Å². The Hall–Kier alpha value is -0.940. The third-order valence-corrected chi connectivity index (χ3v) is 3.23. The molecule has 0 N–H and O–H groups in total. The number of carbonyl (C=O) groups is 1. The van der Waals surface area contributed by atoms with Crippen LogP contribution in [0.2, 0.25) is 0 Å². The summed E-state index contributed by atoms with van der Waals surface area (Å²) in [6.07, 6.45) is 1.22. The van der Waals surface area contributed by atoms with Crippen molar-refractivity contribution in [1.82, 2.24) is 4.98 Å². The number of esters is 1. The Balaban J connectivity index is 2.13. The van der Waals surface area contributed by atoms with E-state index < -0.39 is 0 Å². The van der Waals surface area contributed by atoms with Gasteiger partial charge in [-0.2, -0.15) is 0 Å². The molecule has 0 spiro atoms. The van der Waals surface area contributed by atoms with E-state index in [9.17, 15) is 4.79 Å². The monoisotopic (exact) mass is 271 g/mol. The molecule has 102 valence electrons. The molecule has 1 heterocycles. The maximum atomic E-state index is 11.4. The standard InChI is InChI=1S/C13H21NO3S/c1-4-12-14-11(9-18-12)8-17-13(15)5-6-16-7-10(2)3/h9-10H,4-8H2,1-3H3. The van der Waals surface area contributed by atoms with Crippen LogP contribution >= 0.6 is 11.3 Å². The van der Waals surface area contributed by atoms with Crippen molar-refractivity contribution in [3.63, 3.8) is 0 Å². The average molecular weight is 271 g/mol. The predicted molar refractivity (Wildman–Crippen MR) is 71.6 cm³/mol. The van der Waals surface area contributed by atoms with Crippen molar-refractivity contribution in [2.75, 3.05) is 13.2 Å². The van der Waals surface area contributed by atoms with Gasteiger partial charge in [-0.3, -0.25) is 4.79 Å². The van der Waals surface area contributed by atoms with Crippen molar-refractivity contribution in [2.45, 2.75) is 40.2 Å². The minimum absolute atomic E-state index is 0.232. The molecule has 5 heteroatoms. The van der Waals surface area contributed by atoms with Gasteiger partial charge < -0.3 is 9.47 Å². The number of aryl methyl sites for hydroxylation is 1. The third-order valence-electron chi connectivity index (χ3n) is 2.18. The van der Waals surface area contributed by atoms with E-state index in [4.69, 9.17) is 9.47 Å². The number of hydrogen-bond acceptors (Lipinski definition) is 5. The Kier molecular flexibility index (Phi) is 6.90. The quantitative estimate of drug-likeness (QED) is 0.539. The van der Waals surface area contributed by atoms with Gasteiger partial charge in [-0.05, 0) is 12.3 Å². The van der Waals surface area contributed by atoms with Crippen LogP contribution in [0.15, 0.2) is 5.38 Å². The second-order valence-electron chi connectivity index (χ2n) is 4.47. The summed E-state index contributed by atoms with van der Waals surface area (Å²) in [6, 6.07) is 0. The number of hydrogen-bond donors (Lipinski definition) is 0. The SMILES string of the molecule is CCc1nc(COC(=O)CCOCC(C)C)cs1. The first-order valence-corrected chi connectivity index (χ1v) is 7.16. The van der Waals surface area contributed by atoms with E-state index in [-0.39, 0.29) is 12.6 Å². The molecule has 0 saturated heterocycles. The van der Waals surface area contributed by atoms with Crippen molar-refractivity contribution in [1.29, 1.82) is 0 Å². The zero-order valence-corrected chi connectivity index (χ0v) is 12.1. The van der Waals surface area contributed by atoms with Gasteiger partial charge in [-0.25, -0.2) is 4.98 Å². The molecule has 0 amide bonds. The van der Waals surface area contributed by atoms with E-state index in [1.54, 1.807) is 11.3 Å². The summed E-state index contributed by atoms with van der Waals surface area (Å²) >= 11 is 1.60. The van der Waals surface area contributed by atoms with Crippen LogP contribution in [-0.2, 0) is 27.3 Å². The predicted octanol–water partition coefficient (Wildman–Crippen LogP) is 2.81. The number of thiazole rings is 1. The van der Waals surface area contributed by atoms with Gasteiger partial charge in [0.05, 0.1) is 23.7 Å². The molecule has 0 atom stereocenters. The highest BCUT2D eigenvalue weighted by atomic mass is 32.1. The third kappa shape index (κ3) is 6.12. The minimum atomic E-state index is -0.232. The molecule has 18 heavy (non-hydrogen) atoms. The molecule has 1 aromatic rings. The first-order chi connectivity index (χ1) is 8.61. The minimum Gasteiger partial charge on any atom is -0.459 e. The molecule has 1 aromatic heterocycles. The van der Waals surface area contributed by atoms with Gasteiger partial charge in [-0.1, -0.05) is 20.8 Å². The van der Waals surface area contributed by atoms with Crippen LogP contribution in [-0.4, -0.2) is 24.2 Å². The molecule has 4 nitrogen and oxygen atoms in total. The molecule has 0 aromatic carbocycles. The molecular weight excluding hydrogens is 250 g/mol. The normalized spacial score (nSPS) is 10.9. The topological polar surface area (TPSA) is 48.4 Å². The van der Waals surface area contributed by atoms with Crippen LogP contribution in [0.1, 0.15) is 37.9 Å². The molecule has 0 unspecified atom stereocenters. The Labute approximate surface area is 112 Å². The molecule has 0 bridgehead atoms. The Morgan fingerprint density at radius 2 is 2.28 bits per heavy atom. The first-order valence-electron chi connectivity index (χ1n) is 6.28. The van der Waals surface area contributed by atoms with Gasteiger partial charge in [0, 0.05) is 12.0 Å². The lowest BCUT2D eigenvalue weighted by Gasteiger charge is -2.06. The van der Waals surface area contributed by atoms with E-state index in [1.165, 1.54) is 0 Å². The Bertz CT molecular complexity index is 363. The van der Waals surface area contributed by atoms with Gasteiger partial charge in [0.15, 0.2) is 0 Å². The summed E-state index contributed by atoms with van der Waals surface area (Å²) in [6.45, 7) is 7.57. The fraction of sp³-hybridized carbons (Fsp3) is 0.692. The molecule has 0 fully saturated rings. The van der Waals surface area contributed by atoms with E-state index in [1.807, 2.05) is 5.38 Å². The zero-order valence-electron chi connectivity index (χ0n) is 11.3. The Morgan fingerprint density at radius 1 is 1.50 bits per heavy atom. The number of rotatable bonds is 8. The molecular formula is C13H21NO3S. The second kappa shape index (κ2) is 8.21. The highest BCUT2D eigenvalue weighted by Gasteiger charge is 2.06. The highest BCUT2D eigenvalue weighted by molar-refractivity contribution is 7.09. The number of ether oxygens (including phenoxy) is 2. The number of carbonyl (C=O) groups excluding carboxylic acids is 1. The van der Waals surface area contributed by atoms with E-state index in [0.717, 1.165) is 17.1 Å². The molecule has 0 aliphatic carbocycles. The first kappa shape index (κ1) is 15.1. The van der Waals surface area contributed by atoms with Crippen LogP contribution < -0.4 is 0 Å². The molecule has 0 radical (unpaired) electrons. The summed E-state index contributed by atoms with van der Waals surface area (Å²) in [4.78, 5) is 15.7. The van der Waals surface area contributed by atoms with Crippen LogP contribution in [0.4, 0.5) is 0 Å². The van der Waals surface area contributed by atoms with Gasteiger partial charge >= 0.3 is 5.97 Å². The van der Waals surface area contributed by atoms with Crippen LogP contribution in [0.25, 0.3) is 0 Å². The summed E-state index contributed by atoms with van der Waals surface area (Å²) in [5, 5.41) is 3.00. The maximum Gasteiger partial charge on any atom is 0.308 e. The largest absolute Gasteiger partial charge is 0.459 e. The van der Waals surface area contributed by atoms with E-state index >= 15 is 0 Å². The Morgan fingerprint density at radius 3 is 2.89 bits per heavy atom. The second-order valence-corrected chi connectivity index (χ2v) is 5.41. The van der Waals surface area contributed by atoms with E-state index in [0.29, 0.717) is 25.6 Å². The van der Waals surface area contributed by atoms with Gasteiger partial charge in [0.1, 0.15) is 6.61 Å². The van der Waals surface area contributed by atoms with Crippen molar-refractivity contribution in [3.05, 3.63) is 16.1 Å². The lowest BCUT2D eigenvalue weighted by atomic mass is 10.2. The van der Waals surface area contributed by atoms with Crippen molar-refractivity contribution < 1.29 is 14.3 Å². The van der Waals surface area contributed by atoms with Crippen molar-refractivity contribution in [2.24, 2.45) is 5.92 Å². The molecule has 1 rings (SSSR count). The number of aromatic nitrogens is 1. The lowest BCUT2D eigenvalue weighted by molar-refractivity contribution is -0.146. The fourth-order valence-corrected chi connectivity index (χ4v) is 2.01. The van der Waals surface area contributed by atoms with Gasteiger partial charge in [0.25, 0.3) is 0 Å². The summed E-state index contributed by atoms with van der Waals surface area (Å²) in [5.74, 6) is 0.258. The summed E-state index contributed by atoms with van der Waals surface area (Å²) in [7, 11) is 0. The van der Waals surface area contributed by atoms with Crippen LogP contribution in [0, 0.1) is 5.92 Å². The zero-order chi connectivity index (χ0) is 13.4.